The zero-order valence-electron chi connectivity index (χ0n) is 14.2. The van der Waals surface area contributed by atoms with Crippen molar-refractivity contribution in [3.05, 3.63) is 86.0 Å². The Hall–Kier alpha value is -2.70. The van der Waals surface area contributed by atoms with Gasteiger partial charge in [-0.3, -0.25) is 4.79 Å². The minimum Gasteiger partial charge on any atom is -0.455 e. The number of hydrogen-bond acceptors (Lipinski definition) is 4. The molecule has 0 amide bonds. The van der Waals surface area contributed by atoms with E-state index in [9.17, 15) is 4.79 Å². The Labute approximate surface area is 168 Å². The van der Waals surface area contributed by atoms with E-state index in [1.807, 2.05) is 24.3 Å². The predicted molar refractivity (Wildman–Crippen MR) is 111 cm³/mol. The lowest BCUT2D eigenvalue weighted by atomic mass is 10.2. The molecule has 0 saturated carbocycles. The molecule has 0 atom stereocenters. The van der Waals surface area contributed by atoms with Crippen LogP contribution in [0.25, 0.3) is 22.2 Å². The van der Waals surface area contributed by atoms with Gasteiger partial charge in [0.2, 0.25) is 0 Å². The van der Waals surface area contributed by atoms with Crippen molar-refractivity contribution in [3.63, 3.8) is 0 Å². The summed E-state index contributed by atoms with van der Waals surface area (Å²) in [5.41, 5.74) is 1.30. The molecule has 0 unspecified atom stereocenters. The molecule has 27 heavy (non-hydrogen) atoms. The van der Waals surface area contributed by atoms with Crippen molar-refractivity contribution in [2.75, 3.05) is 0 Å². The Balaban J connectivity index is 1.69. The monoisotopic (exact) mass is 441 g/mol. The minimum atomic E-state index is -0.237. The summed E-state index contributed by atoms with van der Waals surface area (Å²) in [6.07, 6.45) is 1.50. The van der Waals surface area contributed by atoms with Crippen LogP contribution in [-0.4, -0.2) is 15.9 Å². The van der Waals surface area contributed by atoms with Crippen molar-refractivity contribution in [1.29, 1.82) is 0 Å². The second kappa shape index (κ2) is 7.13. The van der Waals surface area contributed by atoms with Crippen LogP contribution in [0.4, 0.5) is 0 Å². The SMILES string of the molecule is Cc1nc2ccc(Br)cc2c(=O)n1N=Cc1ccc(-c2ccc(Cl)cc2)o1. The van der Waals surface area contributed by atoms with E-state index in [1.54, 1.807) is 37.3 Å². The standard InChI is InChI=1S/C20H13BrClN3O2/c1-12-24-18-8-4-14(21)10-17(18)20(26)25(12)23-11-16-7-9-19(27-16)13-2-5-15(22)6-3-13/h2-11H,1H3. The van der Waals surface area contributed by atoms with Crippen molar-refractivity contribution in [2.24, 2.45) is 5.10 Å². The molecule has 0 aliphatic heterocycles. The number of rotatable bonds is 3. The number of fused-ring (bicyclic) bond motifs is 1. The van der Waals surface area contributed by atoms with Crippen LogP contribution in [-0.2, 0) is 0 Å². The summed E-state index contributed by atoms with van der Waals surface area (Å²) in [5.74, 6) is 1.72. The molecule has 0 spiro atoms. The summed E-state index contributed by atoms with van der Waals surface area (Å²) < 4.78 is 7.86. The molecule has 0 fully saturated rings. The van der Waals surface area contributed by atoms with Crippen LogP contribution in [0.15, 0.2) is 73.4 Å². The summed E-state index contributed by atoms with van der Waals surface area (Å²) in [5, 5.41) is 5.42. The number of aromatic nitrogens is 2. The highest BCUT2D eigenvalue weighted by Crippen LogP contribution is 2.23. The van der Waals surface area contributed by atoms with Gasteiger partial charge in [0.1, 0.15) is 17.3 Å². The predicted octanol–water partition coefficient (Wildman–Crippen LogP) is 5.26. The lowest BCUT2D eigenvalue weighted by Gasteiger charge is -2.05. The van der Waals surface area contributed by atoms with E-state index in [2.05, 4.69) is 26.0 Å². The number of furan rings is 1. The summed E-state index contributed by atoms with van der Waals surface area (Å²) in [6.45, 7) is 1.74. The molecule has 7 heteroatoms. The molecule has 0 bridgehead atoms. The van der Waals surface area contributed by atoms with Gasteiger partial charge in [0.15, 0.2) is 0 Å². The molecule has 2 heterocycles. The Morgan fingerprint density at radius 3 is 2.70 bits per heavy atom. The van der Waals surface area contributed by atoms with Crippen molar-refractivity contribution >= 4 is 44.6 Å². The number of nitrogens with zero attached hydrogens (tertiary/aromatic N) is 3. The Bertz CT molecular complexity index is 1230. The molecule has 2 aromatic heterocycles. The van der Waals surface area contributed by atoms with Crippen molar-refractivity contribution < 1.29 is 4.42 Å². The average Bonchev–Trinajstić information content (AvgIpc) is 3.12. The van der Waals surface area contributed by atoms with E-state index >= 15 is 0 Å². The normalized spacial score (nSPS) is 11.5. The van der Waals surface area contributed by atoms with Gasteiger partial charge < -0.3 is 4.42 Å². The van der Waals surface area contributed by atoms with E-state index in [-0.39, 0.29) is 5.56 Å². The first-order valence-corrected chi connectivity index (χ1v) is 9.27. The highest BCUT2D eigenvalue weighted by molar-refractivity contribution is 9.10. The maximum absolute atomic E-state index is 12.7. The first-order chi connectivity index (χ1) is 13.0. The quantitative estimate of drug-likeness (QED) is 0.406. The molecule has 4 rings (SSSR count). The molecule has 0 radical (unpaired) electrons. The third-order valence-corrected chi connectivity index (χ3v) is 4.77. The number of halogens is 2. The molecule has 5 nitrogen and oxygen atoms in total. The Kier molecular flexibility index (Phi) is 4.68. The molecule has 0 aliphatic rings. The van der Waals surface area contributed by atoms with E-state index in [1.165, 1.54) is 10.9 Å². The zero-order valence-corrected chi connectivity index (χ0v) is 16.5. The highest BCUT2D eigenvalue weighted by Gasteiger charge is 2.08. The molecular weight excluding hydrogens is 430 g/mol. The molecule has 0 aliphatic carbocycles. The van der Waals surface area contributed by atoms with Gasteiger partial charge in [-0.15, -0.1) is 0 Å². The van der Waals surface area contributed by atoms with Crippen LogP contribution in [0.1, 0.15) is 11.6 Å². The fourth-order valence-corrected chi connectivity index (χ4v) is 3.19. The van der Waals surface area contributed by atoms with Gasteiger partial charge in [0.05, 0.1) is 17.1 Å². The van der Waals surface area contributed by atoms with Crippen molar-refractivity contribution in [1.82, 2.24) is 9.66 Å². The molecule has 0 N–H and O–H groups in total. The third-order valence-electron chi connectivity index (χ3n) is 4.03. The number of hydrogen-bond donors (Lipinski definition) is 0. The van der Waals surface area contributed by atoms with Crippen LogP contribution in [0.3, 0.4) is 0 Å². The van der Waals surface area contributed by atoms with Gasteiger partial charge in [-0.05, 0) is 61.5 Å². The van der Waals surface area contributed by atoms with E-state index in [4.69, 9.17) is 16.0 Å². The fraction of sp³-hybridized carbons (Fsp3) is 0.0500. The molecule has 0 saturated heterocycles. The van der Waals surface area contributed by atoms with E-state index in [0.29, 0.717) is 33.3 Å². The lowest BCUT2D eigenvalue weighted by Crippen LogP contribution is -2.20. The van der Waals surface area contributed by atoms with Gasteiger partial charge in [-0.2, -0.15) is 9.78 Å². The third kappa shape index (κ3) is 3.59. The second-order valence-electron chi connectivity index (χ2n) is 5.89. The fourth-order valence-electron chi connectivity index (χ4n) is 2.70. The van der Waals surface area contributed by atoms with Crippen molar-refractivity contribution in [2.45, 2.75) is 6.92 Å². The second-order valence-corrected chi connectivity index (χ2v) is 7.24. The summed E-state index contributed by atoms with van der Waals surface area (Å²) in [6, 6.07) is 16.4. The molecule has 134 valence electrons. The van der Waals surface area contributed by atoms with Gasteiger partial charge in [-0.1, -0.05) is 27.5 Å². The van der Waals surface area contributed by atoms with E-state index in [0.717, 1.165) is 10.0 Å². The van der Waals surface area contributed by atoms with Gasteiger partial charge >= 0.3 is 0 Å². The molecule has 4 aromatic rings. The van der Waals surface area contributed by atoms with E-state index < -0.39 is 0 Å². The molecular formula is C20H13BrClN3O2. The Morgan fingerprint density at radius 1 is 1.15 bits per heavy atom. The zero-order chi connectivity index (χ0) is 19.0. The van der Waals surface area contributed by atoms with Gasteiger partial charge in [0.25, 0.3) is 5.56 Å². The summed E-state index contributed by atoms with van der Waals surface area (Å²) in [7, 11) is 0. The van der Waals surface area contributed by atoms with Crippen LogP contribution in [0, 0.1) is 6.92 Å². The number of benzene rings is 2. The van der Waals surface area contributed by atoms with Crippen LogP contribution < -0.4 is 5.56 Å². The summed E-state index contributed by atoms with van der Waals surface area (Å²) in [4.78, 5) is 17.2. The smallest absolute Gasteiger partial charge is 0.282 e. The number of aryl methyl sites for hydroxylation is 1. The first kappa shape index (κ1) is 17.7. The largest absolute Gasteiger partial charge is 0.455 e. The Morgan fingerprint density at radius 2 is 1.93 bits per heavy atom. The van der Waals surface area contributed by atoms with Crippen LogP contribution in [0.2, 0.25) is 5.02 Å². The maximum Gasteiger partial charge on any atom is 0.282 e. The summed E-state index contributed by atoms with van der Waals surface area (Å²) >= 11 is 9.29. The van der Waals surface area contributed by atoms with Crippen LogP contribution >= 0.6 is 27.5 Å². The molecule has 2 aromatic carbocycles. The topological polar surface area (TPSA) is 60.4 Å². The minimum absolute atomic E-state index is 0.237. The first-order valence-electron chi connectivity index (χ1n) is 8.10. The van der Waals surface area contributed by atoms with Gasteiger partial charge in [-0.25, -0.2) is 4.98 Å². The highest BCUT2D eigenvalue weighted by atomic mass is 79.9. The van der Waals surface area contributed by atoms with Crippen molar-refractivity contribution in [3.8, 4) is 11.3 Å². The lowest BCUT2D eigenvalue weighted by molar-refractivity contribution is 0.573. The maximum atomic E-state index is 12.7. The van der Waals surface area contributed by atoms with Gasteiger partial charge in [0, 0.05) is 15.1 Å². The van der Waals surface area contributed by atoms with Crippen LogP contribution in [0.5, 0.6) is 0 Å². The average molecular weight is 443 g/mol.